The van der Waals surface area contributed by atoms with Crippen LogP contribution in [-0.4, -0.2) is 52.0 Å². The molecule has 1 aliphatic heterocycles. The average Bonchev–Trinajstić information content (AvgIpc) is 3.14. The molecular weight excluding hydrogens is 462 g/mol. The molecule has 0 bridgehead atoms. The summed E-state index contributed by atoms with van der Waals surface area (Å²) in [6, 6.07) is 11.8. The van der Waals surface area contributed by atoms with Gasteiger partial charge in [0.25, 0.3) is 0 Å². The lowest BCUT2D eigenvalue weighted by Crippen LogP contribution is -2.46. The van der Waals surface area contributed by atoms with Crippen molar-refractivity contribution in [3.63, 3.8) is 0 Å². The molecule has 1 aliphatic rings. The fourth-order valence-electron chi connectivity index (χ4n) is 3.75. The third-order valence-electron chi connectivity index (χ3n) is 5.28. The van der Waals surface area contributed by atoms with Crippen LogP contribution in [0.4, 0.5) is 18.4 Å². The number of nitrogens with zero attached hydrogens (tertiary/aromatic N) is 2. The van der Waals surface area contributed by atoms with Crippen molar-refractivity contribution in [3.05, 3.63) is 71.3 Å². The number of thiol groups is 1. The zero-order valence-corrected chi connectivity index (χ0v) is 20.4. The number of rotatable bonds is 6. The first-order valence-electron chi connectivity index (χ1n) is 11.1. The highest BCUT2D eigenvalue weighted by Gasteiger charge is 2.38. The summed E-state index contributed by atoms with van der Waals surface area (Å²) in [7, 11) is 0. The number of amides is 2. The predicted molar refractivity (Wildman–Crippen MR) is 128 cm³/mol. The highest BCUT2D eigenvalue weighted by atomic mass is 32.1. The summed E-state index contributed by atoms with van der Waals surface area (Å²) < 4.78 is 39.1. The summed E-state index contributed by atoms with van der Waals surface area (Å²) in [6.45, 7) is 5.53. The lowest BCUT2D eigenvalue weighted by molar-refractivity contribution is 0.0182. The Morgan fingerprint density at radius 2 is 1.85 bits per heavy atom. The quantitative estimate of drug-likeness (QED) is 0.548. The summed E-state index contributed by atoms with van der Waals surface area (Å²) in [5, 5.41) is -0.106. The molecule has 0 aromatic heterocycles. The first-order chi connectivity index (χ1) is 16.0. The summed E-state index contributed by atoms with van der Waals surface area (Å²) >= 11 is 4.52. The maximum absolute atomic E-state index is 14.4. The van der Waals surface area contributed by atoms with Gasteiger partial charge in [0.15, 0.2) is 0 Å². The van der Waals surface area contributed by atoms with Gasteiger partial charge in [-0.1, -0.05) is 30.3 Å². The Morgan fingerprint density at radius 1 is 1.15 bits per heavy atom. The van der Waals surface area contributed by atoms with Gasteiger partial charge in [-0.05, 0) is 51.0 Å². The Labute approximate surface area is 204 Å². The van der Waals surface area contributed by atoms with Crippen LogP contribution in [0.5, 0.6) is 0 Å². The van der Waals surface area contributed by atoms with Crippen molar-refractivity contribution in [1.29, 1.82) is 0 Å². The second-order valence-electron chi connectivity index (χ2n) is 9.33. The maximum atomic E-state index is 14.4. The molecule has 2 amide bonds. The molecular formula is C25H30F2N2O4S. The van der Waals surface area contributed by atoms with Crippen LogP contribution in [0.1, 0.15) is 38.3 Å². The number of halogens is 2. The molecule has 2 unspecified atom stereocenters. The zero-order chi connectivity index (χ0) is 24.9. The van der Waals surface area contributed by atoms with Gasteiger partial charge in [0.2, 0.25) is 0 Å². The van der Waals surface area contributed by atoms with Crippen molar-refractivity contribution >= 4 is 24.8 Å². The van der Waals surface area contributed by atoms with Crippen molar-refractivity contribution in [2.24, 2.45) is 0 Å². The summed E-state index contributed by atoms with van der Waals surface area (Å²) in [5.41, 5.74) is 0.121. The topological polar surface area (TPSA) is 59.1 Å². The van der Waals surface area contributed by atoms with Crippen LogP contribution in [0.25, 0.3) is 0 Å². The van der Waals surface area contributed by atoms with Crippen LogP contribution < -0.4 is 0 Å². The SMILES string of the molecule is CC(C)(C)OC(=O)N1CC(S)CC1CN(Cc1cc(F)ccc1F)C(=O)OCc1ccccc1. The normalized spacial score (nSPS) is 18.0. The van der Waals surface area contributed by atoms with Crippen LogP contribution in [0.15, 0.2) is 48.5 Å². The highest BCUT2D eigenvalue weighted by molar-refractivity contribution is 7.81. The molecule has 2 aromatic carbocycles. The van der Waals surface area contributed by atoms with E-state index in [0.717, 1.165) is 23.8 Å². The van der Waals surface area contributed by atoms with E-state index >= 15 is 0 Å². The Hall–Kier alpha value is -2.81. The van der Waals surface area contributed by atoms with Gasteiger partial charge in [-0.25, -0.2) is 18.4 Å². The van der Waals surface area contributed by atoms with Crippen molar-refractivity contribution in [1.82, 2.24) is 9.80 Å². The van der Waals surface area contributed by atoms with Crippen LogP contribution in [0.2, 0.25) is 0 Å². The summed E-state index contributed by atoms with van der Waals surface area (Å²) in [6.07, 6.45) is -0.695. The predicted octanol–water partition coefficient (Wildman–Crippen LogP) is 5.41. The molecule has 9 heteroatoms. The van der Waals surface area contributed by atoms with Gasteiger partial charge in [0.05, 0.1) is 12.6 Å². The molecule has 1 saturated heterocycles. The number of ether oxygens (including phenoxy) is 2. The minimum absolute atomic E-state index is 0.0147. The molecule has 1 fully saturated rings. The van der Waals surface area contributed by atoms with E-state index in [1.54, 1.807) is 20.8 Å². The van der Waals surface area contributed by atoms with Gasteiger partial charge in [-0.2, -0.15) is 12.6 Å². The third kappa shape index (κ3) is 7.35. The Morgan fingerprint density at radius 3 is 2.53 bits per heavy atom. The lowest BCUT2D eigenvalue weighted by Gasteiger charge is -2.32. The van der Waals surface area contributed by atoms with Gasteiger partial charge in [0.1, 0.15) is 23.8 Å². The van der Waals surface area contributed by atoms with E-state index in [-0.39, 0.29) is 30.5 Å². The van der Waals surface area contributed by atoms with Crippen LogP contribution in [0.3, 0.4) is 0 Å². The molecule has 3 rings (SSSR count). The van der Waals surface area contributed by atoms with Gasteiger partial charge < -0.3 is 19.3 Å². The van der Waals surface area contributed by atoms with Gasteiger partial charge >= 0.3 is 12.2 Å². The van der Waals surface area contributed by atoms with Crippen LogP contribution >= 0.6 is 12.6 Å². The lowest BCUT2D eigenvalue weighted by atomic mass is 10.1. The second kappa shape index (κ2) is 11.1. The first kappa shape index (κ1) is 25.8. The largest absolute Gasteiger partial charge is 0.445 e. The molecule has 34 heavy (non-hydrogen) atoms. The number of hydrogen-bond acceptors (Lipinski definition) is 5. The smallest absolute Gasteiger partial charge is 0.410 e. The molecule has 0 radical (unpaired) electrons. The zero-order valence-electron chi connectivity index (χ0n) is 19.5. The Balaban J connectivity index is 1.79. The Bertz CT molecular complexity index is 1000. The van der Waals surface area contributed by atoms with E-state index < -0.39 is 35.5 Å². The fourth-order valence-corrected chi connectivity index (χ4v) is 4.17. The monoisotopic (exact) mass is 492 g/mol. The average molecular weight is 493 g/mol. The highest BCUT2D eigenvalue weighted by Crippen LogP contribution is 2.26. The number of likely N-dealkylation sites (tertiary alicyclic amines) is 1. The summed E-state index contributed by atoms with van der Waals surface area (Å²) in [4.78, 5) is 28.6. The van der Waals surface area contributed by atoms with Gasteiger partial charge in [-0.3, -0.25) is 0 Å². The van der Waals surface area contributed by atoms with E-state index in [0.29, 0.717) is 13.0 Å². The molecule has 2 atom stereocenters. The molecule has 0 spiro atoms. The van der Waals surface area contributed by atoms with E-state index in [4.69, 9.17) is 9.47 Å². The van der Waals surface area contributed by atoms with Gasteiger partial charge in [0, 0.05) is 23.9 Å². The maximum Gasteiger partial charge on any atom is 0.410 e. The minimum atomic E-state index is -0.695. The van der Waals surface area contributed by atoms with E-state index in [2.05, 4.69) is 12.6 Å². The molecule has 1 heterocycles. The number of carbonyl (C=O) groups is 2. The number of hydrogen-bond donors (Lipinski definition) is 1. The molecule has 184 valence electrons. The fraction of sp³-hybridized carbons (Fsp3) is 0.440. The van der Waals surface area contributed by atoms with E-state index in [1.165, 1.54) is 9.80 Å². The van der Waals surface area contributed by atoms with Crippen molar-refractivity contribution in [2.75, 3.05) is 13.1 Å². The summed E-state index contributed by atoms with van der Waals surface area (Å²) in [5.74, 6) is -1.24. The molecule has 6 nitrogen and oxygen atoms in total. The first-order valence-corrected chi connectivity index (χ1v) is 11.6. The van der Waals surface area contributed by atoms with Crippen molar-refractivity contribution < 1.29 is 27.8 Å². The standard InChI is InChI=1S/C25H30F2N2O4S/c1-25(2,3)33-24(31)29-15-21(34)12-20(29)14-28(13-18-11-19(26)9-10-22(18)27)23(30)32-16-17-7-5-4-6-8-17/h4-11,20-21,34H,12-16H2,1-3H3. The molecule has 2 aromatic rings. The van der Waals surface area contributed by atoms with E-state index in [9.17, 15) is 18.4 Å². The van der Waals surface area contributed by atoms with Crippen molar-refractivity contribution in [3.8, 4) is 0 Å². The van der Waals surface area contributed by atoms with Crippen molar-refractivity contribution in [2.45, 2.75) is 57.2 Å². The minimum Gasteiger partial charge on any atom is -0.445 e. The van der Waals surface area contributed by atoms with Crippen LogP contribution in [0, 0.1) is 11.6 Å². The molecule has 0 saturated carbocycles. The van der Waals surface area contributed by atoms with Gasteiger partial charge in [-0.15, -0.1) is 0 Å². The second-order valence-corrected chi connectivity index (χ2v) is 10.1. The van der Waals surface area contributed by atoms with Crippen LogP contribution in [-0.2, 0) is 22.6 Å². The number of benzene rings is 2. The molecule has 0 N–H and O–H groups in total. The Kier molecular flexibility index (Phi) is 8.41. The third-order valence-corrected chi connectivity index (χ3v) is 5.66. The van der Waals surface area contributed by atoms with E-state index in [1.807, 2.05) is 30.3 Å². The molecule has 0 aliphatic carbocycles. The number of carbonyl (C=O) groups excluding carboxylic acids is 2.